The van der Waals surface area contributed by atoms with Crippen LogP contribution in [-0.2, 0) is 5.41 Å². The summed E-state index contributed by atoms with van der Waals surface area (Å²) in [5.41, 5.74) is 25.6. The van der Waals surface area contributed by atoms with Crippen molar-refractivity contribution < 1.29 is 4.74 Å². The maximum absolute atomic E-state index is 7.34. The van der Waals surface area contributed by atoms with Crippen LogP contribution in [0.1, 0.15) is 54.5 Å². The Kier molecular flexibility index (Phi) is 9.42. The molecule has 0 bridgehead atoms. The van der Waals surface area contributed by atoms with Gasteiger partial charge < -0.3 is 9.64 Å². The number of hydrogen-bond donors (Lipinski definition) is 0. The molecule has 0 saturated carbocycles. The Morgan fingerprint density at radius 2 is 1.07 bits per heavy atom. The molecule has 0 aromatic heterocycles. The lowest BCUT2D eigenvalue weighted by atomic mass is 9.34. The standard InChI is InChI=1S/C68H50BNO/c1-68(2,3)53-41-61-66-63(42-53)71-62-36-32-51(54-33-29-49-28-27-47-25-16-26-48-30-34-55(54)65(49)64(47)48)40-59(62)69(66)58-39-50(43-17-8-4-9-18-43)31-35-60(58)70(61)67-56(45-21-12-6-13-22-45)37-52(44-19-10-5-11-20-44)38-57(67)46-23-14-7-15-24-46/h4-42,55,65H,1-3H3. The highest BCUT2D eigenvalue weighted by Crippen LogP contribution is 2.54. The fraction of sp³-hybridized carbons (Fsp3) is 0.0882. The summed E-state index contributed by atoms with van der Waals surface area (Å²) < 4.78 is 7.34. The first kappa shape index (κ1) is 41.6. The third kappa shape index (κ3) is 6.71. The van der Waals surface area contributed by atoms with Crippen molar-refractivity contribution in [1.29, 1.82) is 0 Å². The molecule has 71 heavy (non-hydrogen) atoms. The van der Waals surface area contributed by atoms with Crippen LogP contribution in [0, 0.1) is 5.92 Å². The van der Waals surface area contributed by atoms with E-state index in [1.807, 2.05) is 0 Å². The van der Waals surface area contributed by atoms with E-state index in [0.29, 0.717) is 0 Å². The number of rotatable bonds is 6. The number of anilines is 3. The Morgan fingerprint density at radius 1 is 0.465 bits per heavy atom. The molecule has 3 heteroatoms. The van der Waals surface area contributed by atoms with Crippen LogP contribution in [0.5, 0.6) is 11.5 Å². The Balaban J connectivity index is 1.05. The molecule has 0 spiro atoms. The number of allylic oxidation sites excluding steroid dienone is 6. The smallest absolute Gasteiger partial charge is 0.256 e. The second kappa shape index (κ2) is 16.1. The van der Waals surface area contributed by atoms with Crippen molar-refractivity contribution in [1.82, 2.24) is 0 Å². The monoisotopic (exact) mass is 907 g/mol. The highest BCUT2D eigenvalue weighted by atomic mass is 16.5. The average Bonchev–Trinajstić information content (AvgIpc) is 3.42. The second-order valence-corrected chi connectivity index (χ2v) is 20.8. The largest absolute Gasteiger partial charge is 0.458 e. The molecule has 2 nitrogen and oxygen atoms in total. The zero-order chi connectivity index (χ0) is 47.4. The summed E-state index contributed by atoms with van der Waals surface area (Å²) in [5.74, 6) is 2.34. The van der Waals surface area contributed by atoms with E-state index in [4.69, 9.17) is 4.74 Å². The van der Waals surface area contributed by atoms with Gasteiger partial charge in [0, 0.05) is 34.3 Å². The number of fused-ring (bicyclic) bond motifs is 4. The predicted molar refractivity (Wildman–Crippen MR) is 300 cm³/mol. The molecule has 9 aromatic rings. The lowest BCUT2D eigenvalue weighted by Gasteiger charge is -2.43. The van der Waals surface area contributed by atoms with Crippen molar-refractivity contribution in [2.75, 3.05) is 4.90 Å². The molecule has 5 aliphatic rings. The van der Waals surface area contributed by atoms with Gasteiger partial charge in [0.15, 0.2) is 0 Å². The van der Waals surface area contributed by atoms with Gasteiger partial charge in [-0.05, 0) is 131 Å². The highest BCUT2D eigenvalue weighted by Gasteiger charge is 2.45. The summed E-state index contributed by atoms with van der Waals surface area (Å²) in [6.07, 6.45) is 14.2. The molecule has 0 N–H and O–H groups in total. The topological polar surface area (TPSA) is 12.5 Å². The van der Waals surface area contributed by atoms with Crippen molar-refractivity contribution >= 4 is 57.9 Å². The predicted octanol–water partition coefficient (Wildman–Crippen LogP) is 15.8. The summed E-state index contributed by atoms with van der Waals surface area (Å²) in [6.45, 7) is 6.83. The molecule has 14 rings (SSSR count). The van der Waals surface area contributed by atoms with E-state index >= 15 is 0 Å². The van der Waals surface area contributed by atoms with E-state index in [1.165, 1.54) is 77.6 Å². The summed E-state index contributed by atoms with van der Waals surface area (Å²) >= 11 is 0. The Morgan fingerprint density at radius 3 is 1.73 bits per heavy atom. The Bertz CT molecular complexity index is 3700. The van der Waals surface area contributed by atoms with Crippen LogP contribution in [0.15, 0.2) is 230 Å². The lowest BCUT2D eigenvalue weighted by molar-refractivity contribution is 0.483. The van der Waals surface area contributed by atoms with Crippen molar-refractivity contribution in [3.8, 4) is 56.0 Å². The van der Waals surface area contributed by atoms with Crippen LogP contribution in [0.4, 0.5) is 17.1 Å². The van der Waals surface area contributed by atoms with Gasteiger partial charge in [0.2, 0.25) is 0 Å². The Hall–Kier alpha value is -8.40. The first-order valence-electron chi connectivity index (χ1n) is 25.1. The van der Waals surface area contributed by atoms with Crippen LogP contribution in [0.25, 0.3) is 62.2 Å². The molecular weight excluding hydrogens is 858 g/mol. The van der Waals surface area contributed by atoms with Gasteiger partial charge in [-0.1, -0.05) is 221 Å². The molecule has 0 amide bonds. The van der Waals surface area contributed by atoms with E-state index in [1.54, 1.807) is 0 Å². The van der Waals surface area contributed by atoms with E-state index in [0.717, 1.165) is 50.8 Å². The maximum Gasteiger partial charge on any atom is 0.256 e. The van der Waals surface area contributed by atoms with Crippen LogP contribution in [0.3, 0.4) is 0 Å². The van der Waals surface area contributed by atoms with Gasteiger partial charge in [0.1, 0.15) is 11.5 Å². The van der Waals surface area contributed by atoms with Crippen molar-refractivity contribution in [2.45, 2.75) is 32.1 Å². The van der Waals surface area contributed by atoms with E-state index in [9.17, 15) is 0 Å². The molecule has 2 atom stereocenters. The molecule has 2 heterocycles. The van der Waals surface area contributed by atoms with Crippen LogP contribution in [-0.4, -0.2) is 6.71 Å². The van der Waals surface area contributed by atoms with Gasteiger partial charge in [-0.15, -0.1) is 0 Å². The average molecular weight is 908 g/mol. The number of nitrogens with zero attached hydrogens (tertiary/aromatic N) is 1. The van der Waals surface area contributed by atoms with Gasteiger partial charge >= 0.3 is 0 Å². The van der Waals surface area contributed by atoms with Gasteiger partial charge in [-0.2, -0.15) is 0 Å². The number of ether oxygens (including phenoxy) is 1. The van der Waals surface area contributed by atoms with E-state index < -0.39 is 0 Å². The van der Waals surface area contributed by atoms with Crippen LogP contribution < -0.4 is 26.0 Å². The fourth-order valence-electron chi connectivity index (χ4n) is 12.2. The minimum absolute atomic E-state index is 0.112. The summed E-state index contributed by atoms with van der Waals surface area (Å²) in [7, 11) is 0. The third-order valence-corrected chi connectivity index (χ3v) is 15.6. The minimum atomic E-state index is -0.167. The zero-order valence-corrected chi connectivity index (χ0v) is 40.1. The van der Waals surface area contributed by atoms with Crippen molar-refractivity contribution in [3.05, 3.63) is 258 Å². The van der Waals surface area contributed by atoms with Crippen LogP contribution >= 0.6 is 0 Å². The van der Waals surface area contributed by atoms with Crippen LogP contribution in [0.2, 0.25) is 0 Å². The quantitative estimate of drug-likeness (QED) is 0.154. The van der Waals surface area contributed by atoms with E-state index in [2.05, 4.69) is 262 Å². The first-order chi connectivity index (χ1) is 34.8. The first-order valence-corrected chi connectivity index (χ1v) is 25.1. The van der Waals surface area contributed by atoms with E-state index in [-0.39, 0.29) is 24.0 Å². The number of benzene rings is 9. The van der Waals surface area contributed by atoms with Crippen molar-refractivity contribution in [2.24, 2.45) is 5.92 Å². The molecule has 0 radical (unpaired) electrons. The highest BCUT2D eigenvalue weighted by molar-refractivity contribution is 6.99. The normalized spacial score (nSPS) is 16.5. The Labute approximate surface area is 417 Å². The van der Waals surface area contributed by atoms with Gasteiger partial charge in [-0.25, -0.2) is 0 Å². The summed E-state index contributed by atoms with van der Waals surface area (Å²) in [6, 6.07) is 74.2. The molecule has 3 aliphatic carbocycles. The fourth-order valence-corrected chi connectivity index (χ4v) is 12.2. The SMILES string of the molecule is CC(C)(C)c1cc2c3c(c1)N(c1c(-c4ccccc4)cc(-c4ccccc4)cc1-c1ccccc1)c1ccc(-c4ccccc4)cc1B3c1cc(C3=CC=C4C=Cc5cccc6c5C4C3C=C6)ccc1O2. The zero-order valence-electron chi connectivity index (χ0n) is 40.1. The molecule has 2 aliphatic heterocycles. The lowest BCUT2D eigenvalue weighted by Crippen LogP contribution is -2.59. The third-order valence-electron chi connectivity index (χ3n) is 15.6. The van der Waals surface area contributed by atoms with Gasteiger partial charge in [-0.3, -0.25) is 0 Å². The molecule has 0 fully saturated rings. The minimum Gasteiger partial charge on any atom is -0.458 e. The van der Waals surface area contributed by atoms with Crippen molar-refractivity contribution in [3.63, 3.8) is 0 Å². The summed E-state index contributed by atoms with van der Waals surface area (Å²) in [5, 5.41) is 0. The van der Waals surface area contributed by atoms with Gasteiger partial charge in [0.25, 0.3) is 6.71 Å². The molecule has 0 saturated heterocycles. The molecular formula is C68H50BNO. The van der Waals surface area contributed by atoms with Gasteiger partial charge in [0.05, 0.1) is 5.69 Å². The molecule has 9 aromatic carbocycles. The molecule has 336 valence electrons. The second-order valence-electron chi connectivity index (χ2n) is 20.8. The maximum atomic E-state index is 7.34. The molecule has 2 unspecified atom stereocenters. The number of hydrogen-bond acceptors (Lipinski definition) is 2. The summed E-state index contributed by atoms with van der Waals surface area (Å²) in [4.78, 5) is 2.60.